The van der Waals surface area contributed by atoms with E-state index >= 15 is 0 Å². The number of allylic oxidation sites excluding steroid dienone is 3. The van der Waals surface area contributed by atoms with Gasteiger partial charge in [0, 0.05) is 6.42 Å². The van der Waals surface area contributed by atoms with E-state index in [9.17, 15) is 45.6 Å². The summed E-state index contributed by atoms with van der Waals surface area (Å²) in [4.78, 5) is 13.3. The molecule has 12 unspecified atom stereocenters. The zero-order chi connectivity index (χ0) is 63.1. The highest BCUT2D eigenvalue weighted by atomic mass is 16.7. The second-order valence-corrected chi connectivity index (χ2v) is 26.4. The molecule has 9 N–H and O–H groups in total. The molecule has 0 spiro atoms. The average Bonchev–Trinajstić information content (AvgIpc) is 2.33. The highest BCUT2D eigenvalue weighted by Crippen LogP contribution is 2.30. The molecule has 2 rings (SSSR count). The number of carbonyl (C=O) groups excluding carboxylic acids is 1. The van der Waals surface area contributed by atoms with Gasteiger partial charge in [0.25, 0.3) is 0 Å². The number of aliphatic hydroxyl groups excluding tert-OH is 8. The van der Waals surface area contributed by atoms with E-state index in [0.717, 1.165) is 32.1 Å². The number of ether oxygens (including phenoxy) is 4. The first-order valence-electron chi connectivity index (χ1n) is 37.1. The Balaban J connectivity index is 1.64. The quantitative estimate of drug-likeness (QED) is 0.0204. The van der Waals surface area contributed by atoms with Crippen LogP contribution >= 0.6 is 0 Å². The lowest BCUT2D eigenvalue weighted by Crippen LogP contribution is -2.65. The fourth-order valence-corrected chi connectivity index (χ4v) is 12.5. The van der Waals surface area contributed by atoms with Crippen molar-refractivity contribution in [3.63, 3.8) is 0 Å². The summed E-state index contributed by atoms with van der Waals surface area (Å²) in [6, 6.07) is -0.929. The van der Waals surface area contributed by atoms with E-state index in [4.69, 9.17) is 18.9 Å². The highest BCUT2D eigenvalue weighted by Gasteiger charge is 2.51. The zero-order valence-corrected chi connectivity index (χ0v) is 56.0. The van der Waals surface area contributed by atoms with Gasteiger partial charge >= 0.3 is 0 Å². The molecule has 14 heteroatoms. The standard InChI is InChI=1S/C73H139NO13/c1-3-5-7-9-11-13-15-17-19-21-23-25-26-27-28-29-30-31-32-33-34-35-37-39-41-43-45-47-49-51-53-55-57-65(78)74-61(62(77)56-54-52-50-48-46-44-42-40-38-36-24-22-20-18-16-14-12-10-8-6-4-2)60-84-72-70(83)68(81)71(64(59-76)86-72)87-73-69(82)67(80)66(79)63(58-75)85-73/h46,48,54,56,61-64,66-73,75-77,79-83H,3-45,47,49-53,55,57-60H2,1-2H3,(H,74,78)/b48-46+,56-54+. The van der Waals surface area contributed by atoms with Gasteiger partial charge in [-0.15, -0.1) is 0 Å². The van der Waals surface area contributed by atoms with Crippen LogP contribution in [0, 0.1) is 0 Å². The van der Waals surface area contributed by atoms with E-state index < -0.39 is 86.8 Å². The van der Waals surface area contributed by atoms with Gasteiger partial charge < -0.3 is 65.1 Å². The van der Waals surface area contributed by atoms with Crippen molar-refractivity contribution in [1.29, 1.82) is 0 Å². The van der Waals surface area contributed by atoms with E-state index in [0.29, 0.717) is 12.8 Å². The number of unbranched alkanes of at least 4 members (excludes halogenated alkanes) is 47. The van der Waals surface area contributed by atoms with Crippen LogP contribution in [0.5, 0.6) is 0 Å². The summed E-state index contributed by atoms with van der Waals surface area (Å²) in [6.45, 7) is 2.84. The lowest BCUT2D eigenvalue weighted by molar-refractivity contribution is -0.359. The van der Waals surface area contributed by atoms with Crippen LogP contribution in [-0.2, 0) is 23.7 Å². The Morgan fingerprint density at radius 1 is 0.402 bits per heavy atom. The molecule has 0 bridgehead atoms. The van der Waals surface area contributed by atoms with Crippen molar-refractivity contribution in [3.05, 3.63) is 24.3 Å². The van der Waals surface area contributed by atoms with Gasteiger partial charge in [-0.05, 0) is 32.1 Å². The topological polar surface area (TPSA) is 228 Å². The molecule has 0 radical (unpaired) electrons. The molecule has 0 aromatic rings. The number of rotatable bonds is 62. The Labute approximate surface area is 532 Å². The summed E-state index contributed by atoms with van der Waals surface area (Å²) >= 11 is 0. The number of hydrogen-bond donors (Lipinski definition) is 9. The van der Waals surface area contributed by atoms with Crippen LogP contribution in [0.15, 0.2) is 24.3 Å². The van der Waals surface area contributed by atoms with Crippen molar-refractivity contribution < 1.29 is 64.6 Å². The molecule has 2 fully saturated rings. The predicted molar refractivity (Wildman–Crippen MR) is 355 cm³/mol. The van der Waals surface area contributed by atoms with Gasteiger partial charge in [-0.3, -0.25) is 4.79 Å². The fourth-order valence-electron chi connectivity index (χ4n) is 12.5. The molecule has 0 saturated carbocycles. The molecule has 0 aromatic carbocycles. The van der Waals surface area contributed by atoms with Crippen LogP contribution in [0.25, 0.3) is 0 Å². The van der Waals surface area contributed by atoms with Gasteiger partial charge in [0.2, 0.25) is 5.91 Å². The first-order valence-corrected chi connectivity index (χ1v) is 37.1. The van der Waals surface area contributed by atoms with Crippen LogP contribution in [0.4, 0.5) is 0 Å². The van der Waals surface area contributed by atoms with Crippen LogP contribution in [0.1, 0.15) is 341 Å². The second-order valence-electron chi connectivity index (χ2n) is 26.4. The lowest BCUT2D eigenvalue weighted by Gasteiger charge is -2.46. The molecule has 0 aliphatic carbocycles. The Kier molecular flexibility index (Phi) is 54.7. The number of nitrogens with one attached hydrogen (secondary N) is 1. The highest BCUT2D eigenvalue weighted by molar-refractivity contribution is 5.76. The molecule has 0 aromatic heterocycles. The Hall–Kier alpha value is -1.53. The first-order chi connectivity index (χ1) is 42.6. The third-order valence-corrected chi connectivity index (χ3v) is 18.4. The summed E-state index contributed by atoms with van der Waals surface area (Å²) in [6.07, 6.45) is 56.9. The molecule has 87 heavy (non-hydrogen) atoms. The zero-order valence-electron chi connectivity index (χ0n) is 56.0. The monoisotopic (exact) mass is 1240 g/mol. The Morgan fingerprint density at radius 3 is 1.13 bits per heavy atom. The minimum atomic E-state index is -1.79. The van der Waals surface area contributed by atoms with Crippen LogP contribution in [0.3, 0.4) is 0 Å². The van der Waals surface area contributed by atoms with E-state index in [1.165, 1.54) is 276 Å². The molecule has 514 valence electrons. The van der Waals surface area contributed by atoms with Gasteiger partial charge in [-0.25, -0.2) is 0 Å². The largest absolute Gasteiger partial charge is 0.394 e. The van der Waals surface area contributed by atoms with E-state index in [2.05, 4.69) is 31.3 Å². The molecular formula is C73H139NO13. The molecular weight excluding hydrogens is 1100 g/mol. The van der Waals surface area contributed by atoms with Gasteiger partial charge in [0.1, 0.15) is 48.8 Å². The lowest BCUT2D eigenvalue weighted by atomic mass is 9.97. The van der Waals surface area contributed by atoms with E-state index in [1.807, 2.05) is 6.08 Å². The summed E-state index contributed by atoms with van der Waals surface area (Å²) in [5.74, 6) is -0.241. The number of carbonyl (C=O) groups is 1. The minimum Gasteiger partial charge on any atom is -0.394 e. The minimum absolute atomic E-state index is 0.241. The normalized spacial score (nSPS) is 23.3. The van der Waals surface area contributed by atoms with Gasteiger partial charge in [-0.2, -0.15) is 0 Å². The Bertz CT molecular complexity index is 1550. The van der Waals surface area contributed by atoms with Crippen LogP contribution in [-0.4, -0.2) is 140 Å². The third-order valence-electron chi connectivity index (χ3n) is 18.4. The SMILES string of the molecule is CCCCCCCCCCCCCCCCC/C=C/CC/C=C/C(O)C(COC1OC(CO)C(OC2OC(CO)C(O)C(O)C2O)C(O)C1O)NC(=O)CCCCCCCCCCCCCCCCCCCCCCCCCCCCCCCCCC. The summed E-state index contributed by atoms with van der Waals surface area (Å²) in [7, 11) is 0. The molecule has 12 atom stereocenters. The van der Waals surface area contributed by atoms with Crippen molar-refractivity contribution in [2.45, 2.75) is 415 Å². The fraction of sp³-hybridized carbons (Fsp3) is 0.932. The maximum absolute atomic E-state index is 13.3. The van der Waals surface area contributed by atoms with E-state index in [1.54, 1.807) is 6.08 Å². The van der Waals surface area contributed by atoms with Gasteiger partial charge in [0.15, 0.2) is 12.6 Å². The maximum atomic E-state index is 13.3. The molecule has 1 amide bonds. The number of amides is 1. The summed E-state index contributed by atoms with van der Waals surface area (Å²) in [5, 5.41) is 87.4. The van der Waals surface area contributed by atoms with Crippen LogP contribution < -0.4 is 5.32 Å². The first kappa shape index (κ1) is 81.6. The van der Waals surface area contributed by atoms with Crippen molar-refractivity contribution >= 4 is 5.91 Å². The molecule has 2 saturated heterocycles. The molecule has 2 aliphatic heterocycles. The van der Waals surface area contributed by atoms with Crippen molar-refractivity contribution in [1.82, 2.24) is 5.32 Å². The van der Waals surface area contributed by atoms with E-state index in [-0.39, 0.29) is 18.9 Å². The second kappa shape index (κ2) is 58.3. The number of aliphatic hydroxyl groups is 8. The smallest absolute Gasteiger partial charge is 0.220 e. The molecule has 2 heterocycles. The third kappa shape index (κ3) is 42.4. The van der Waals surface area contributed by atoms with Gasteiger partial charge in [0.05, 0.1) is 32.0 Å². The molecule has 2 aliphatic rings. The average molecular weight is 1240 g/mol. The number of hydrogen-bond acceptors (Lipinski definition) is 13. The van der Waals surface area contributed by atoms with Crippen LogP contribution in [0.2, 0.25) is 0 Å². The summed E-state index contributed by atoms with van der Waals surface area (Å²) in [5.41, 5.74) is 0. The molecule has 14 nitrogen and oxygen atoms in total. The predicted octanol–water partition coefficient (Wildman–Crippen LogP) is 15.5. The van der Waals surface area contributed by atoms with Gasteiger partial charge in [-0.1, -0.05) is 327 Å². The van der Waals surface area contributed by atoms with Crippen molar-refractivity contribution in [2.24, 2.45) is 0 Å². The maximum Gasteiger partial charge on any atom is 0.220 e. The Morgan fingerprint density at radius 2 is 0.736 bits per heavy atom. The van der Waals surface area contributed by atoms with Crippen molar-refractivity contribution in [2.75, 3.05) is 19.8 Å². The summed E-state index contributed by atoms with van der Waals surface area (Å²) < 4.78 is 22.9. The van der Waals surface area contributed by atoms with Crippen molar-refractivity contribution in [3.8, 4) is 0 Å².